The van der Waals surface area contributed by atoms with E-state index in [1.165, 1.54) is 12.3 Å². The van der Waals surface area contributed by atoms with E-state index in [0.29, 0.717) is 21.1 Å². The van der Waals surface area contributed by atoms with Crippen molar-refractivity contribution in [3.05, 3.63) is 28.9 Å². The molecular weight excluding hydrogens is 272 g/mol. The molecule has 1 N–H and O–H groups in total. The van der Waals surface area contributed by atoms with Gasteiger partial charge in [-0.2, -0.15) is 5.26 Å². The molecule has 0 bridgehead atoms. The summed E-state index contributed by atoms with van der Waals surface area (Å²) in [5.41, 5.74) is 0.663. The number of fused-ring (bicyclic) bond motifs is 1. The van der Waals surface area contributed by atoms with E-state index in [4.69, 9.17) is 10.00 Å². The Kier molecular flexibility index (Phi) is 2.93. The summed E-state index contributed by atoms with van der Waals surface area (Å²) in [5.74, 6) is 0.650. The van der Waals surface area contributed by atoms with Crippen molar-refractivity contribution >= 4 is 26.8 Å². The summed E-state index contributed by atoms with van der Waals surface area (Å²) in [7, 11) is 0. The fraction of sp³-hybridized carbons (Fsp3) is 0.0909. The van der Waals surface area contributed by atoms with Crippen LogP contribution in [0.15, 0.2) is 28.9 Å². The molecule has 0 aliphatic carbocycles. The molecule has 1 aromatic carbocycles. The van der Waals surface area contributed by atoms with Crippen molar-refractivity contribution in [1.29, 1.82) is 5.26 Å². The summed E-state index contributed by atoms with van der Waals surface area (Å²) in [6, 6.07) is 6.78. The number of aromatic hydroxyl groups is 1. The molecule has 0 unspecified atom stereocenters. The summed E-state index contributed by atoms with van der Waals surface area (Å²) < 4.78 is 5.90. The predicted molar refractivity (Wildman–Crippen MR) is 62.2 cm³/mol. The molecular formula is C11H7BrN2O2. The number of aromatic nitrogens is 1. The minimum atomic E-state index is -0.0366. The van der Waals surface area contributed by atoms with Crippen LogP contribution in [0.2, 0.25) is 0 Å². The van der Waals surface area contributed by atoms with Gasteiger partial charge >= 0.3 is 0 Å². The van der Waals surface area contributed by atoms with E-state index in [1.54, 1.807) is 12.1 Å². The van der Waals surface area contributed by atoms with Gasteiger partial charge in [-0.25, -0.2) is 0 Å². The van der Waals surface area contributed by atoms with Crippen LogP contribution < -0.4 is 4.74 Å². The zero-order valence-electron chi connectivity index (χ0n) is 8.14. The van der Waals surface area contributed by atoms with Gasteiger partial charge in [0.1, 0.15) is 17.6 Å². The van der Waals surface area contributed by atoms with Crippen molar-refractivity contribution in [3.63, 3.8) is 0 Å². The highest BCUT2D eigenvalue weighted by atomic mass is 79.9. The van der Waals surface area contributed by atoms with E-state index in [2.05, 4.69) is 20.9 Å². The van der Waals surface area contributed by atoms with Gasteiger partial charge in [-0.15, -0.1) is 0 Å². The Balaban J connectivity index is 2.56. The molecule has 0 fully saturated rings. The van der Waals surface area contributed by atoms with Crippen LogP contribution >= 0.6 is 15.9 Å². The maximum Gasteiger partial charge on any atom is 0.174 e. The molecule has 2 rings (SSSR count). The molecule has 0 radical (unpaired) electrons. The van der Waals surface area contributed by atoms with E-state index < -0.39 is 0 Å². The number of ether oxygens (including phenoxy) is 1. The molecule has 0 aliphatic heterocycles. The second-order valence-corrected chi connectivity index (χ2v) is 3.93. The average molecular weight is 279 g/mol. The Bertz CT molecular complexity index is 578. The first-order chi connectivity index (χ1) is 7.72. The lowest BCUT2D eigenvalue weighted by Crippen LogP contribution is -1.94. The summed E-state index contributed by atoms with van der Waals surface area (Å²) in [5, 5.41) is 18.7. The van der Waals surface area contributed by atoms with Gasteiger partial charge < -0.3 is 9.84 Å². The van der Waals surface area contributed by atoms with Crippen molar-refractivity contribution in [2.45, 2.75) is 0 Å². The van der Waals surface area contributed by atoms with Gasteiger partial charge in [0.25, 0.3) is 0 Å². The zero-order valence-corrected chi connectivity index (χ0v) is 9.73. The van der Waals surface area contributed by atoms with Crippen LogP contribution in [0, 0.1) is 11.3 Å². The average Bonchev–Trinajstić information content (AvgIpc) is 2.27. The van der Waals surface area contributed by atoms with E-state index in [-0.39, 0.29) is 12.4 Å². The quantitative estimate of drug-likeness (QED) is 0.917. The lowest BCUT2D eigenvalue weighted by molar-refractivity contribution is 0.366. The molecule has 0 spiro atoms. The van der Waals surface area contributed by atoms with Gasteiger partial charge in [0, 0.05) is 11.6 Å². The number of rotatable bonds is 2. The number of pyridine rings is 1. The second-order valence-electron chi connectivity index (χ2n) is 3.08. The number of nitrogens with zero attached hydrogens (tertiary/aromatic N) is 2. The molecule has 5 heteroatoms. The van der Waals surface area contributed by atoms with Crippen LogP contribution in [-0.2, 0) is 0 Å². The van der Waals surface area contributed by atoms with Gasteiger partial charge in [0.05, 0.1) is 9.99 Å². The first-order valence-electron chi connectivity index (χ1n) is 4.49. The number of benzene rings is 1. The Morgan fingerprint density at radius 2 is 2.31 bits per heavy atom. The standard InChI is InChI=1S/C11H7BrN2O2/c12-8-6-9-7(10(15)1-3-14-9)5-11(8)16-4-2-13/h1,3,5-6H,4H2,(H,14,15). The van der Waals surface area contributed by atoms with Crippen molar-refractivity contribution in [3.8, 4) is 17.6 Å². The molecule has 0 saturated heterocycles. The zero-order chi connectivity index (χ0) is 11.5. The molecule has 16 heavy (non-hydrogen) atoms. The summed E-state index contributed by atoms with van der Waals surface area (Å²) >= 11 is 3.32. The van der Waals surface area contributed by atoms with Crippen LogP contribution in [-0.4, -0.2) is 16.7 Å². The van der Waals surface area contributed by atoms with Crippen LogP contribution in [0.1, 0.15) is 0 Å². The van der Waals surface area contributed by atoms with Crippen molar-refractivity contribution in [1.82, 2.24) is 4.98 Å². The first kappa shape index (κ1) is 10.7. The topological polar surface area (TPSA) is 66.1 Å². The molecule has 0 saturated carbocycles. The Morgan fingerprint density at radius 3 is 3.06 bits per heavy atom. The van der Waals surface area contributed by atoms with Gasteiger partial charge in [-0.3, -0.25) is 4.98 Å². The van der Waals surface area contributed by atoms with Crippen LogP contribution in [0.5, 0.6) is 11.5 Å². The minimum Gasteiger partial charge on any atom is -0.507 e. The third-order valence-corrected chi connectivity index (χ3v) is 2.68. The largest absolute Gasteiger partial charge is 0.507 e. The normalized spacial score (nSPS) is 10.0. The molecule has 4 nitrogen and oxygen atoms in total. The Hall–Kier alpha value is -1.80. The third kappa shape index (κ3) is 1.92. The van der Waals surface area contributed by atoms with Crippen LogP contribution in [0.25, 0.3) is 10.9 Å². The summed E-state index contributed by atoms with van der Waals surface area (Å²) in [4.78, 5) is 4.11. The second kappa shape index (κ2) is 4.37. The lowest BCUT2D eigenvalue weighted by atomic mass is 10.2. The van der Waals surface area contributed by atoms with Gasteiger partial charge in [0.15, 0.2) is 6.61 Å². The number of halogens is 1. The smallest absolute Gasteiger partial charge is 0.174 e. The molecule has 0 atom stereocenters. The Labute approximate surface area is 100 Å². The number of hydrogen-bond donors (Lipinski definition) is 1. The summed E-state index contributed by atoms with van der Waals surface area (Å²) in [6.07, 6.45) is 1.53. The molecule has 1 heterocycles. The van der Waals surface area contributed by atoms with Crippen molar-refractivity contribution < 1.29 is 9.84 Å². The van der Waals surface area contributed by atoms with Gasteiger partial charge in [0.2, 0.25) is 0 Å². The minimum absolute atomic E-state index is 0.0366. The Morgan fingerprint density at radius 1 is 1.50 bits per heavy atom. The van der Waals surface area contributed by atoms with Gasteiger partial charge in [-0.05, 0) is 34.1 Å². The van der Waals surface area contributed by atoms with Crippen LogP contribution in [0.4, 0.5) is 0 Å². The monoisotopic (exact) mass is 278 g/mol. The molecule has 0 aliphatic rings. The molecule has 0 amide bonds. The van der Waals surface area contributed by atoms with E-state index >= 15 is 0 Å². The van der Waals surface area contributed by atoms with Crippen LogP contribution in [0.3, 0.4) is 0 Å². The number of nitriles is 1. The predicted octanol–water partition coefficient (Wildman–Crippen LogP) is 2.61. The molecule has 80 valence electrons. The highest BCUT2D eigenvalue weighted by molar-refractivity contribution is 9.10. The summed E-state index contributed by atoms with van der Waals surface area (Å²) in [6.45, 7) is -0.0366. The maximum absolute atomic E-state index is 9.64. The fourth-order valence-corrected chi connectivity index (χ4v) is 1.80. The lowest BCUT2D eigenvalue weighted by Gasteiger charge is -2.07. The van der Waals surface area contributed by atoms with E-state index in [9.17, 15) is 5.11 Å². The van der Waals surface area contributed by atoms with E-state index in [1.807, 2.05) is 6.07 Å². The number of hydrogen-bond acceptors (Lipinski definition) is 4. The third-order valence-electron chi connectivity index (χ3n) is 2.06. The fourth-order valence-electron chi connectivity index (χ4n) is 1.35. The van der Waals surface area contributed by atoms with E-state index in [0.717, 1.165) is 0 Å². The van der Waals surface area contributed by atoms with Crippen molar-refractivity contribution in [2.75, 3.05) is 6.61 Å². The molecule has 2 aromatic rings. The SMILES string of the molecule is N#CCOc1cc2c(O)ccnc2cc1Br. The highest BCUT2D eigenvalue weighted by Crippen LogP contribution is 2.33. The first-order valence-corrected chi connectivity index (χ1v) is 5.28. The maximum atomic E-state index is 9.64. The van der Waals surface area contributed by atoms with Gasteiger partial charge in [-0.1, -0.05) is 0 Å². The molecule has 1 aromatic heterocycles. The highest BCUT2D eigenvalue weighted by Gasteiger charge is 2.07. The van der Waals surface area contributed by atoms with Crippen molar-refractivity contribution in [2.24, 2.45) is 0 Å².